The van der Waals surface area contributed by atoms with Crippen molar-refractivity contribution >= 4 is 5.97 Å². The van der Waals surface area contributed by atoms with Gasteiger partial charge in [0.05, 0.1) is 12.2 Å². The van der Waals surface area contributed by atoms with Crippen LogP contribution in [0, 0.1) is 0 Å². The molecule has 5 heteroatoms. The average molecular weight is 244 g/mol. The zero-order valence-corrected chi connectivity index (χ0v) is 11.0. The summed E-state index contributed by atoms with van der Waals surface area (Å²) in [6, 6.07) is 0. The lowest BCUT2D eigenvalue weighted by atomic mass is 10.0. The molecule has 0 aromatic carbocycles. The van der Waals surface area contributed by atoms with Crippen LogP contribution in [0.2, 0.25) is 0 Å². The van der Waals surface area contributed by atoms with Crippen molar-refractivity contribution in [1.82, 2.24) is 0 Å². The van der Waals surface area contributed by atoms with Gasteiger partial charge in [-0.2, -0.15) is 0 Å². The highest BCUT2D eigenvalue weighted by Gasteiger charge is 2.56. The molecule has 2 saturated heterocycles. The third-order valence-corrected chi connectivity index (χ3v) is 2.84. The Labute approximate surface area is 101 Å². The van der Waals surface area contributed by atoms with E-state index in [1.54, 1.807) is 6.92 Å². The van der Waals surface area contributed by atoms with Crippen LogP contribution >= 0.6 is 0 Å². The first-order valence-electron chi connectivity index (χ1n) is 5.82. The number of esters is 1. The molecule has 0 aromatic heterocycles. The predicted molar refractivity (Wildman–Crippen MR) is 59.4 cm³/mol. The molecule has 2 fully saturated rings. The van der Waals surface area contributed by atoms with Crippen molar-refractivity contribution in [3.8, 4) is 0 Å². The normalized spacial score (nSPS) is 38.3. The Morgan fingerprint density at radius 1 is 1.29 bits per heavy atom. The summed E-state index contributed by atoms with van der Waals surface area (Å²) in [6.07, 6.45) is -0.555. The molecule has 5 nitrogen and oxygen atoms in total. The van der Waals surface area contributed by atoms with Gasteiger partial charge in [-0.15, -0.1) is 0 Å². The van der Waals surface area contributed by atoms with Gasteiger partial charge >= 0.3 is 5.97 Å². The molecule has 0 aromatic rings. The first-order chi connectivity index (χ1) is 7.65. The molecular formula is C12H20O5. The predicted octanol–water partition coefficient (Wildman–Crippen LogP) is 1.25. The minimum Gasteiger partial charge on any atom is -0.460 e. The molecule has 0 bridgehead atoms. The van der Waals surface area contributed by atoms with E-state index in [9.17, 15) is 4.79 Å². The first-order valence-corrected chi connectivity index (χ1v) is 5.82. The Balaban J connectivity index is 2.04. The van der Waals surface area contributed by atoms with Crippen LogP contribution < -0.4 is 0 Å². The zero-order valence-electron chi connectivity index (χ0n) is 11.0. The molecule has 0 radical (unpaired) electrons. The van der Waals surface area contributed by atoms with Crippen molar-refractivity contribution in [3.05, 3.63) is 0 Å². The van der Waals surface area contributed by atoms with Crippen LogP contribution in [-0.2, 0) is 23.7 Å². The lowest BCUT2D eigenvalue weighted by molar-refractivity contribution is -0.291. The third-order valence-electron chi connectivity index (χ3n) is 2.84. The molecule has 2 rings (SSSR count). The van der Waals surface area contributed by atoms with Crippen molar-refractivity contribution < 1.29 is 23.7 Å². The molecule has 17 heavy (non-hydrogen) atoms. The van der Waals surface area contributed by atoms with E-state index >= 15 is 0 Å². The molecule has 0 amide bonds. The van der Waals surface area contributed by atoms with Crippen LogP contribution in [-0.4, -0.2) is 42.3 Å². The number of epoxide rings is 1. The van der Waals surface area contributed by atoms with E-state index in [1.165, 1.54) is 0 Å². The van der Waals surface area contributed by atoms with Crippen LogP contribution in [0.3, 0.4) is 0 Å². The Kier molecular flexibility index (Phi) is 2.76. The van der Waals surface area contributed by atoms with Gasteiger partial charge in [-0.1, -0.05) is 0 Å². The van der Waals surface area contributed by atoms with Gasteiger partial charge in [0.25, 0.3) is 0 Å². The molecule has 0 N–H and O–H groups in total. The standard InChI is InChI=1S/C12H20O5/c1-10(2,3)16-9(12(5)7-15-12)17-11(4)6-14-8(11)13/h9H,6-7H2,1-5H3/t9-,11+,12+/m1/s1. The summed E-state index contributed by atoms with van der Waals surface area (Å²) in [5, 5.41) is 0. The highest BCUT2D eigenvalue weighted by Crippen LogP contribution is 2.38. The first kappa shape index (κ1) is 12.8. The van der Waals surface area contributed by atoms with Crippen LogP contribution in [0.25, 0.3) is 0 Å². The third kappa shape index (κ3) is 2.61. The summed E-state index contributed by atoms with van der Waals surface area (Å²) < 4.78 is 21.7. The van der Waals surface area contributed by atoms with Gasteiger partial charge < -0.3 is 18.9 Å². The van der Waals surface area contributed by atoms with Gasteiger partial charge in [0.15, 0.2) is 11.9 Å². The number of rotatable bonds is 4. The largest absolute Gasteiger partial charge is 0.460 e. The number of carbonyl (C=O) groups is 1. The van der Waals surface area contributed by atoms with Gasteiger partial charge in [-0.05, 0) is 34.6 Å². The molecule has 2 heterocycles. The second kappa shape index (κ2) is 3.67. The van der Waals surface area contributed by atoms with Gasteiger partial charge in [0.2, 0.25) is 0 Å². The fraction of sp³-hybridized carbons (Fsp3) is 0.917. The summed E-state index contributed by atoms with van der Waals surface area (Å²) in [7, 11) is 0. The summed E-state index contributed by atoms with van der Waals surface area (Å²) in [5.74, 6) is -0.343. The van der Waals surface area contributed by atoms with Crippen molar-refractivity contribution in [2.75, 3.05) is 13.2 Å². The Morgan fingerprint density at radius 3 is 2.18 bits per heavy atom. The van der Waals surface area contributed by atoms with Crippen LogP contribution in [0.5, 0.6) is 0 Å². The Morgan fingerprint density at radius 2 is 1.88 bits per heavy atom. The quantitative estimate of drug-likeness (QED) is 0.423. The Bertz CT molecular complexity index is 328. The smallest absolute Gasteiger partial charge is 0.341 e. The van der Waals surface area contributed by atoms with E-state index < -0.39 is 17.5 Å². The molecule has 2 aliphatic heterocycles. The second-order valence-electron chi connectivity index (χ2n) is 6.09. The van der Waals surface area contributed by atoms with Crippen LogP contribution in [0.1, 0.15) is 34.6 Å². The van der Waals surface area contributed by atoms with E-state index in [2.05, 4.69) is 0 Å². The SMILES string of the molecule is CC(C)(C)O[C@H](O[C@@]1(C)COC1=O)[C@]1(C)CO1. The van der Waals surface area contributed by atoms with Crippen molar-refractivity contribution in [2.45, 2.75) is 57.7 Å². The minimum absolute atomic E-state index is 0.270. The van der Waals surface area contributed by atoms with E-state index in [-0.39, 0.29) is 18.2 Å². The van der Waals surface area contributed by atoms with E-state index in [4.69, 9.17) is 18.9 Å². The van der Waals surface area contributed by atoms with Crippen molar-refractivity contribution in [1.29, 1.82) is 0 Å². The lowest BCUT2D eigenvalue weighted by Crippen LogP contribution is -2.58. The van der Waals surface area contributed by atoms with E-state index in [0.717, 1.165) is 0 Å². The lowest BCUT2D eigenvalue weighted by Gasteiger charge is -2.40. The molecule has 2 aliphatic rings. The maximum Gasteiger partial charge on any atom is 0.341 e. The molecule has 3 atom stereocenters. The molecule has 0 aliphatic carbocycles. The van der Waals surface area contributed by atoms with Crippen LogP contribution in [0.15, 0.2) is 0 Å². The number of cyclic esters (lactones) is 1. The average Bonchev–Trinajstić information content (AvgIpc) is 2.92. The van der Waals surface area contributed by atoms with Gasteiger partial charge in [0.1, 0.15) is 12.2 Å². The maximum atomic E-state index is 11.4. The second-order valence-corrected chi connectivity index (χ2v) is 6.09. The molecular weight excluding hydrogens is 224 g/mol. The molecule has 0 spiro atoms. The molecule has 0 saturated carbocycles. The monoisotopic (exact) mass is 244 g/mol. The summed E-state index contributed by atoms with van der Waals surface area (Å²) in [6.45, 7) is 10.3. The molecule has 98 valence electrons. The number of ether oxygens (including phenoxy) is 4. The van der Waals surface area contributed by atoms with E-state index in [0.29, 0.717) is 6.61 Å². The molecule has 0 unspecified atom stereocenters. The Hall–Kier alpha value is -0.650. The zero-order chi connectivity index (χ0) is 12.9. The highest BCUT2D eigenvalue weighted by atomic mass is 16.8. The van der Waals surface area contributed by atoms with Crippen LogP contribution in [0.4, 0.5) is 0 Å². The fourth-order valence-electron chi connectivity index (χ4n) is 1.50. The fourth-order valence-corrected chi connectivity index (χ4v) is 1.50. The van der Waals surface area contributed by atoms with Gasteiger partial charge in [-0.25, -0.2) is 4.79 Å². The van der Waals surface area contributed by atoms with Crippen molar-refractivity contribution in [2.24, 2.45) is 0 Å². The topological polar surface area (TPSA) is 57.3 Å². The minimum atomic E-state index is -0.898. The number of hydrogen-bond donors (Lipinski definition) is 0. The van der Waals surface area contributed by atoms with Gasteiger partial charge in [0, 0.05) is 0 Å². The number of hydrogen-bond acceptors (Lipinski definition) is 5. The summed E-state index contributed by atoms with van der Waals surface area (Å²) in [5.41, 5.74) is -1.71. The highest BCUT2D eigenvalue weighted by molar-refractivity contribution is 5.84. The summed E-state index contributed by atoms with van der Waals surface area (Å²) >= 11 is 0. The van der Waals surface area contributed by atoms with E-state index in [1.807, 2.05) is 27.7 Å². The number of carbonyl (C=O) groups excluding carboxylic acids is 1. The van der Waals surface area contributed by atoms with Gasteiger partial charge in [-0.3, -0.25) is 0 Å². The van der Waals surface area contributed by atoms with Crippen molar-refractivity contribution in [3.63, 3.8) is 0 Å². The maximum absolute atomic E-state index is 11.4. The summed E-state index contributed by atoms with van der Waals surface area (Å²) in [4.78, 5) is 11.4.